The monoisotopic (exact) mass is 443 g/mol. The van der Waals surface area contributed by atoms with Crippen molar-refractivity contribution in [3.05, 3.63) is 100 Å². The number of carbonyl (C=O) groups excluding carboxylic acids is 2. The predicted molar refractivity (Wildman–Crippen MR) is 126 cm³/mol. The number of fused-ring (bicyclic) bond motifs is 1. The minimum absolute atomic E-state index is 0.234. The second-order valence-corrected chi connectivity index (χ2v) is 8.08. The fraction of sp³-hybridized carbons (Fsp3) is 0.200. The lowest BCUT2D eigenvalue weighted by Gasteiger charge is -2.08. The smallest absolute Gasteiger partial charge is 0.348 e. The quantitative estimate of drug-likeness (QED) is 0.458. The number of pyridine rings is 1. The Morgan fingerprint density at radius 3 is 2.39 bits per heavy atom. The summed E-state index contributed by atoms with van der Waals surface area (Å²) in [7, 11) is 0. The second kappa shape index (κ2) is 9.52. The predicted octanol–water partition coefficient (Wildman–Crippen LogP) is 3.19. The van der Waals surface area contributed by atoms with Gasteiger partial charge in [0, 0.05) is 18.4 Å². The van der Waals surface area contributed by atoms with Crippen LogP contribution in [0.15, 0.2) is 77.7 Å². The van der Waals surface area contributed by atoms with Crippen molar-refractivity contribution in [2.75, 3.05) is 5.32 Å². The van der Waals surface area contributed by atoms with Crippen LogP contribution < -0.4 is 16.3 Å². The first kappa shape index (κ1) is 22.0. The van der Waals surface area contributed by atoms with Gasteiger partial charge in [0.2, 0.25) is 5.91 Å². The average molecular weight is 444 g/mol. The minimum Gasteiger partial charge on any atom is -0.348 e. The first-order chi connectivity index (χ1) is 15.9. The van der Waals surface area contributed by atoms with Crippen LogP contribution in [-0.4, -0.2) is 26.0 Å². The summed E-state index contributed by atoms with van der Waals surface area (Å²) in [5.41, 5.74) is 2.99. The maximum Gasteiger partial charge on any atom is 0.350 e. The number of hydrogen-bond donors (Lipinski definition) is 2. The summed E-state index contributed by atoms with van der Waals surface area (Å²) in [6.45, 7) is 4.34. The zero-order valence-corrected chi connectivity index (χ0v) is 18.5. The number of hydrogen-bond acceptors (Lipinski definition) is 4. The highest BCUT2D eigenvalue weighted by Crippen LogP contribution is 2.17. The Balaban J connectivity index is 1.44. The molecule has 0 atom stereocenters. The third-order valence-electron chi connectivity index (χ3n) is 5.29. The molecule has 2 aromatic carbocycles. The van der Waals surface area contributed by atoms with Gasteiger partial charge in [-0.2, -0.15) is 0 Å². The molecule has 0 aliphatic heterocycles. The van der Waals surface area contributed by atoms with Crippen molar-refractivity contribution in [2.45, 2.75) is 32.9 Å². The van der Waals surface area contributed by atoms with Crippen LogP contribution >= 0.6 is 0 Å². The van der Waals surface area contributed by atoms with Gasteiger partial charge >= 0.3 is 5.69 Å². The van der Waals surface area contributed by atoms with Crippen molar-refractivity contribution in [3.8, 4) is 0 Å². The van der Waals surface area contributed by atoms with Crippen LogP contribution in [-0.2, 0) is 17.9 Å². The van der Waals surface area contributed by atoms with Crippen molar-refractivity contribution >= 4 is 23.1 Å². The van der Waals surface area contributed by atoms with E-state index in [4.69, 9.17) is 0 Å². The largest absolute Gasteiger partial charge is 0.350 e. The van der Waals surface area contributed by atoms with Crippen molar-refractivity contribution in [1.82, 2.24) is 19.5 Å². The van der Waals surface area contributed by atoms with Crippen LogP contribution in [0.2, 0.25) is 0 Å². The van der Waals surface area contributed by atoms with Gasteiger partial charge in [-0.25, -0.2) is 13.9 Å². The molecule has 8 nitrogen and oxygen atoms in total. The van der Waals surface area contributed by atoms with Crippen molar-refractivity contribution in [2.24, 2.45) is 0 Å². The summed E-state index contributed by atoms with van der Waals surface area (Å²) in [5, 5.41) is 9.81. The zero-order chi connectivity index (χ0) is 23.4. The third-order valence-corrected chi connectivity index (χ3v) is 5.29. The molecule has 0 spiro atoms. The van der Waals surface area contributed by atoms with E-state index in [9.17, 15) is 14.4 Å². The molecule has 2 aromatic heterocycles. The van der Waals surface area contributed by atoms with Gasteiger partial charge in [0.15, 0.2) is 5.65 Å². The molecule has 0 bridgehead atoms. The summed E-state index contributed by atoms with van der Waals surface area (Å²) in [6, 6.07) is 20.3. The molecule has 0 fully saturated rings. The van der Waals surface area contributed by atoms with Gasteiger partial charge in [0.25, 0.3) is 5.91 Å². The van der Waals surface area contributed by atoms with E-state index < -0.39 is 5.69 Å². The molecule has 4 aromatic rings. The Bertz CT molecular complexity index is 1340. The molecule has 4 rings (SSSR count). The van der Waals surface area contributed by atoms with Crippen LogP contribution in [0.1, 0.15) is 41.3 Å². The Labute approximate surface area is 190 Å². The molecular weight excluding hydrogens is 418 g/mol. The minimum atomic E-state index is -0.493. The standard InChI is InChI=1S/C25H25N5O3/c1-17(2)19-8-11-21(12-9-19)27-23(31)16-30-25(33)29-15-20(10-13-22(29)28-30)24(32)26-14-18-6-4-3-5-7-18/h3-13,15,17H,14,16H2,1-2H3,(H,26,32)(H,27,31). The van der Waals surface area contributed by atoms with E-state index in [2.05, 4.69) is 29.6 Å². The molecule has 0 saturated carbocycles. The Morgan fingerprint density at radius 1 is 0.970 bits per heavy atom. The highest BCUT2D eigenvalue weighted by atomic mass is 16.2. The number of aromatic nitrogens is 3. The summed E-state index contributed by atoms with van der Waals surface area (Å²) >= 11 is 0. The molecule has 0 radical (unpaired) electrons. The summed E-state index contributed by atoms with van der Waals surface area (Å²) in [4.78, 5) is 37.7. The highest BCUT2D eigenvalue weighted by molar-refractivity contribution is 5.94. The first-order valence-corrected chi connectivity index (χ1v) is 10.7. The van der Waals surface area contributed by atoms with Gasteiger partial charge in [-0.05, 0) is 41.3 Å². The molecular formula is C25H25N5O3. The maximum absolute atomic E-state index is 12.7. The van der Waals surface area contributed by atoms with E-state index in [0.717, 1.165) is 10.2 Å². The van der Waals surface area contributed by atoms with Crippen molar-refractivity contribution in [3.63, 3.8) is 0 Å². The normalized spacial score (nSPS) is 11.0. The number of benzene rings is 2. The number of nitrogens with zero attached hydrogens (tertiary/aromatic N) is 3. The number of carbonyl (C=O) groups is 2. The summed E-state index contributed by atoms with van der Waals surface area (Å²) < 4.78 is 2.35. The lowest BCUT2D eigenvalue weighted by molar-refractivity contribution is -0.117. The van der Waals surface area contributed by atoms with Crippen LogP contribution in [0.4, 0.5) is 5.69 Å². The maximum atomic E-state index is 12.7. The lowest BCUT2D eigenvalue weighted by atomic mass is 10.0. The molecule has 2 N–H and O–H groups in total. The fourth-order valence-electron chi connectivity index (χ4n) is 3.42. The molecule has 33 heavy (non-hydrogen) atoms. The van der Waals surface area contributed by atoms with Crippen LogP contribution in [0, 0.1) is 0 Å². The Morgan fingerprint density at radius 2 is 1.70 bits per heavy atom. The number of anilines is 1. The van der Waals surface area contributed by atoms with E-state index in [-0.39, 0.29) is 18.4 Å². The van der Waals surface area contributed by atoms with E-state index in [1.807, 2.05) is 54.6 Å². The topological polar surface area (TPSA) is 97.5 Å². The van der Waals surface area contributed by atoms with Gasteiger partial charge in [-0.3, -0.25) is 9.59 Å². The number of rotatable bonds is 7. The van der Waals surface area contributed by atoms with Gasteiger partial charge in [-0.15, -0.1) is 5.10 Å². The van der Waals surface area contributed by atoms with Crippen LogP contribution in [0.3, 0.4) is 0 Å². The highest BCUT2D eigenvalue weighted by Gasteiger charge is 2.14. The Hall–Kier alpha value is -4.20. The molecule has 168 valence electrons. The number of amides is 2. The zero-order valence-electron chi connectivity index (χ0n) is 18.5. The van der Waals surface area contributed by atoms with Crippen molar-refractivity contribution < 1.29 is 9.59 Å². The van der Waals surface area contributed by atoms with Gasteiger partial charge in [0.1, 0.15) is 6.54 Å². The van der Waals surface area contributed by atoms with E-state index in [0.29, 0.717) is 29.4 Å². The summed E-state index contributed by atoms with van der Waals surface area (Å²) in [5.74, 6) is -0.266. The van der Waals surface area contributed by atoms with E-state index in [1.165, 1.54) is 16.2 Å². The average Bonchev–Trinajstić information content (AvgIpc) is 3.12. The van der Waals surface area contributed by atoms with Crippen LogP contribution in [0.5, 0.6) is 0 Å². The summed E-state index contributed by atoms with van der Waals surface area (Å²) in [6.07, 6.45) is 1.43. The van der Waals surface area contributed by atoms with Gasteiger partial charge in [-0.1, -0.05) is 56.3 Å². The lowest BCUT2D eigenvalue weighted by Crippen LogP contribution is -2.28. The van der Waals surface area contributed by atoms with E-state index >= 15 is 0 Å². The molecule has 2 heterocycles. The molecule has 0 saturated heterocycles. The van der Waals surface area contributed by atoms with Gasteiger partial charge < -0.3 is 10.6 Å². The molecule has 8 heteroatoms. The third kappa shape index (κ3) is 5.17. The van der Waals surface area contributed by atoms with Gasteiger partial charge in [0.05, 0.1) is 5.56 Å². The Kier molecular flexibility index (Phi) is 6.35. The molecule has 0 aliphatic carbocycles. The molecule has 2 amide bonds. The number of nitrogens with one attached hydrogen (secondary N) is 2. The molecule has 0 aliphatic rings. The fourth-order valence-corrected chi connectivity index (χ4v) is 3.42. The SMILES string of the molecule is CC(C)c1ccc(NC(=O)Cn2nc3ccc(C(=O)NCc4ccccc4)cn3c2=O)cc1. The first-order valence-electron chi connectivity index (χ1n) is 10.7. The van der Waals surface area contributed by atoms with Crippen LogP contribution in [0.25, 0.3) is 5.65 Å². The van der Waals surface area contributed by atoms with E-state index in [1.54, 1.807) is 12.1 Å². The molecule has 0 unspecified atom stereocenters. The van der Waals surface area contributed by atoms with Crippen molar-refractivity contribution in [1.29, 1.82) is 0 Å². The second-order valence-electron chi connectivity index (χ2n) is 8.08.